The minimum Gasteiger partial charge on any atom is -0.465 e. The zero-order chi connectivity index (χ0) is 13.0. The number of ether oxygens (including phenoxy) is 1. The number of aryl methyl sites for hydroxylation is 1. The highest BCUT2D eigenvalue weighted by atomic mass is 16.5. The van der Waals surface area contributed by atoms with Gasteiger partial charge in [-0.2, -0.15) is 0 Å². The Labute approximate surface area is 108 Å². The van der Waals surface area contributed by atoms with E-state index in [1.807, 2.05) is 19.1 Å². The summed E-state index contributed by atoms with van der Waals surface area (Å²) in [5.41, 5.74) is 2.78. The Morgan fingerprint density at radius 2 is 2.11 bits per heavy atom. The maximum Gasteiger partial charge on any atom is 0.337 e. The van der Waals surface area contributed by atoms with E-state index >= 15 is 0 Å². The van der Waals surface area contributed by atoms with E-state index in [2.05, 4.69) is 10.6 Å². The molecule has 0 unspecified atom stereocenters. The van der Waals surface area contributed by atoms with Gasteiger partial charge in [-0.3, -0.25) is 0 Å². The monoisotopic (exact) mass is 248 g/mol. The second-order valence-corrected chi connectivity index (χ2v) is 4.69. The summed E-state index contributed by atoms with van der Waals surface area (Å²) in [4.78, 5) is 11.5. The van der Waals surface area contributed by atoms with E-state index in [1.54, 1.807) is 6.07 Å². The van der Waals surface area contributed by atoms with E-state index in [9.17, 15) is 4.79 Å². The fraction of sp³-hybridized carbons (Fsp3) is 0.500. The first-order chi connectivity index (χ1) is 8.70. The predicted octanol–water partition coefficient (Wildman–Crippen LogP) is 1.95. The lowest BCUT2D eigenvalue weighted by Crippen LogP contribution is -2.35. The van der Waals surface area contributed by atoms with Crippen LogP contribution in [0.2, 0.25) is 0 Å². The molecular formula is C14H20N2O2. The fourth-order valence-corrected chi connectivity index (χ4v) is 2.21. The van der Waals surface area contributed by atoms with Crippen molar-refractivity contribution in [3.05, 3.63) is 29.3 Å². The lowest BCUT2D eigenvalue weighted by molar-refractivity contribution is 0.0601. The summed E-state index contributed by atoms with van der Waals surface area (Å²) in [5, 5.41) is 6.86. The first-order valence-corrected chi connectivity index (χ1v) is 6.37. The molecule has 2 rings (SSSR count). The molecule has 0 amide bonds. The standard InChI is InChI=1S/C14H20N2O2/c1-10-3-4-11(14(17)18-2)9-13(10)16-12-5-7-15-8-6-12/h3-4,9,12,15-16H,5-8H2,1-2H3. The van der Waals surface area contributed by atoms with Crippen molar-refractivity contribution < 1.29 is 9.53 Å². The van der Waals surface area contributed by atoms with Crippen LogP contribution in [0, 0.1) is 6.92 Å². The zero-order valence-electron chi connectivity index (χ0n) is 11.0. The molecule has 1 heterocycles. The van der Waals surface area contributed by atoms with E-state index in [0.717, 1.165) is 37.2 Å². The Kier molecular flexibility index (Phi) is 4.20. The van der Waals surface area contributed by atoms with Crippen molar-refractivity contribution in [3.8, 4) is 0 Å². The van der Waals surface area contributed by atoms with Crippen LogP contribution >= 0.6 is 0 Å². The lowest BCUT2D eigenvalue weighted by atomic mass is 10.0. The summed E-state index contributed by atoms with van der Waals surface area (Å²) < 4.78 is 4.74. The van der Waals surface area contributed by atoms with Crippen LogP contribution in [0.15, 0.2) is 18.2 Å². The van der Waals surface area contributed by atoms with Gasteiger partial charge in [0.05, 0.1) is 12.7 Å². The quantitative estimate of drug-likeness (QED) is 0.803. The molecule has 4 nitrogen and oxygen atoms in total. The average Bonchev–Trinajstić information content (AvgIpc) is 2.41. The number of anilines is 1. The molecule has 18 heavy (non-hydrogen) atoms. The summed E-state index contributed by atoms with van der Waals surface area (Å²) in [6.07, 6.45) is 2.23. The molecule has 4 heteroatoms. The summed E-state index contributed by atoms with van der Waals surface area (Å²) in [6, 6.07) is 6.12. The van der Waals surface area contributed by atoms with Gasteiger partial charge >= 0.3 is 5.97 Å². The van der Waals surface area contributed by atoms with Gasteiger partial charge in [0.15, 0.2) is 0 Å². The number of piperidine rings is 1. The molecule has 1 aliphatic heterocycles. The molecule has 0 bridgehead atoms. The maximum absolute atomic E-state index is 11.5. The lowest BCUT2D eigenvalue weighted by Gasteiger charge is -2.25. The van der Waals surface area contributed by atoms with E-state index in [-0.39, 0.29) is 5.97 Å². The number of carbonyl (C=O) groups is 1. The number of hydrogen-bond acceptors (Lipinski definition) is 4. The molecule has 1 aliphatic rings. The second kappa shape index (κ2) is 5.87. The minimum absolute atomic E-state index is 0.289. The van der Waals surface area contributed by atoms with Crippen molar-refractivity contribution in [1.29, 1.82) is 0 Å². The Hall–Kier alpha value is -1.55. The van der Waals surface area contributed by atoms with Crippen LogP contribution in [-0.2, 0) is 4.74 Å². The third kappa shape index (κ3) is 3.01. The van der Waals surface area contributed by atoms with Gasteiger partial charge in [-0.15, -0.1) is 0 Å². The van der Waals surface area contributed by atoms with E-state index in [4.69, 9.17) is 4.74 Å². The number of carbonyl (C=O) groups excluding carboxylic acids is 1. The first-order valence-electron chi connectivity index (χ1n) is 6.37. The number of rotatable bonds is 3. The molecule has 0 radical (unpaired) electrons. The molecular weight excluding hydrogens is 228 g/mol. The fourth-order valence-electron chi connectivity index (χ4n) is 2.21. The largest absolute Gasteiger partial charge is 0.465 e. The van der Waals surface area contributed by atoms with Crippen LogP contribution in [0.25, 0.3) is 0 Å². The van der Waals surface area contributed by atoms with E-state index in [1.165, 1.54) is 7.11 Å². The topological polar surface area (TPSA) is 50.4 Å². The number of methoxy groups -OCH3 is 1. The third-order valence-corrected chi connectivity index (χ3v) is 3.36. The number of hydrogen-bond donors (Lipinski definition) is 2. The number of esters is 1. The van der Waals surface area contributed by atoms with Crippen LogP contribution in [0.5, 0.6) is 0 Å². The van der Waals surface area contributed by atoms with Crippen LogP contribution < -0.4 is 10.6 Å². The van der Waals surface area contributed by atoms with Gasteiger partial charge < -0.3 is 15.4 Å². The van der Waals surface area contributed by atoms with Gasteiger partial charge in [0, 0.05) is 11.7 Å². The van der Waals surface area contributed by atoms with Crippen LogP contribution in [0.1, 0.15) is 28.8 Å². The van der Waals surface area contributed by atoms with Crippen molar-refractivity contribution in [3.63, 3.8) is 0 Å². The third-order valence-electron chi connectivity index (χ3n) is 3.36. The van der Waals surface area contributed by atoms with Gasteiger partial charge in [-0.1, -0.05) is 6.07 Å². The van der Waals surface area contributed by atoms with Gasteiger partial charge in [0.2, 0.25) is 0 Å². The van der Waals surface area contributed by atoms with Gasteiger partial charge in [0.25, 0.3) is 0 Å². The molecule has 1 fully saturated rings. The van der Waals surface area contributed by atoms with Gasteiger partial charge in [-0.05, 0) is 50.6 Å². The van der Waals surface area contributed by atoms with Crippen molar-refractivity contribution in [2.75, 3.05) is 25.5 Å². The maximum atomic E-state index is 11.5. The van der Waals surface area contributed by atoms with Gasteiger partial charge in [-0.25, -0.2) is 4.79 Å². The molecule has 0 atom stereocenters. The van der Waals surface area contributed by atoms with Gasteiger partial charge in [0.1, 0.15) is 0 Å². The normalized spacial score (nSPS) is 16.3. The Morgan fingerprint density at radius 3 is 2.78 bits per heavy atom. The summed E-state index contributed by atoms with van der Waals surface area (Å²) >= 11 is 0. The molecule has 2 N–H and O–H groups in total. The summed E-state index contributed by atoms with van der Waals surface area (Å²) in [6.45, 7) is 4.14. The highest BCUT2D eigenvalue weighted by molar-refractivity contribution is 5.90. The Balaban J connectivity index is 2.12. The molecule has 0 aliphatic carbocycles. The van der Waals surface area contributed by atoms with Crippen molar-refractivity contribution in [2.24, 2.45) is 0 Å². The van der Waals surface area contributed by atoms with Crippen molar-refractivity contribution in [2.45, 2.75) is 25.8 Å². The molecule has 0 spiro atoms. The predicted molar refractivity (Wildman–Crippen MR) is 72.0 cm³/mol. The van der Waals surface area contributed by atoms with E-state index < -0.39 is 0 Å². The smallest absolute Gasteiger partial charge is 0.337 e. The summed E-state index contributed by atoms with van der Waals surface area (Å²) in [7, 11) is 1.40. The Bertz CT molecular complexity index is 426. The number of benzene rings is 1. The molecule has 1 aromatic rings. The highest BCUT2D eigenvalue weighted by Gasteiger charge is 2.14. The molecule has 1 aromatic carbocycles. The van der Waals surface area contributed by atoms with Crippen molar-refractivity contribution in [1.82, 2.24) is 5.32 Å². The molecule has 1 saturated heterocycles. The van der Waals surface area contributed by atoms with Crippen LogP contribution in [0.4, 0.5) is 5.69 Å². The van der Waals surface area contributed by atoms with Crippen molar-refractivity contribution >= 4 is 11.7 Å². The summed E-state index contributed by atoms with van der Waals surface area (Å²) in [5.74, 6) is -0.289. The molecule has 0 aromatic heterocycles. The SMILES string of the molecule is COC(=O)c1ccc(C)c(NC2CCNCC2)c1. The molecule has 98 valence electrons. The minimum atomic E-state index is -0.289. The van der Waals surface area contributed by atoms with Crippen LogP contribution in [-0.4, -0.2) is 32.2 Å². The molecule has 0 saturated carbocycles. The average molecular weight is 248 g/mol. The first kappa shape index (κ1) is 12.9. The zero-order valence-corrected chi connectivity index (χ0v) is 11.0. The van der Waals surface area contributed by atoms with E-state index in [0.29, 0.717) is 11.6 Å². The Morgan fingerprint density at radius 1 is 1.39 bits per heavy atom. The van der Waals surface area contributed by atoms with Crippen LogP contribution in [0.3, 0.4) is 0 Å². The second-order valence-electron chi connectivity index (χ2n) is 4.69. The highest BCUT2D eigenvalue weighted by Crippen LogP contribution is 2.20. The number of nitrogens with one attached hydrogen (secondary N) is 2.